The molecule has 1 unspecified atom stereocenters. The largest absolute Gasteiger partial charge is 0.435 e. The van der Waals surface area contributed by atoms with Crippen molar-refractivity contribution in [2.24, 2.45) is 5.16 Å². The van der Waals surface area contributed by atoms with Gasteiger partial charge in [0.05, 0.1) is 17.2 Å². The summed E-state index contributed by atoms with van der Waals surface area (Å²) in [7, 11) is 0. The Hall–Kier alpha value is -2.61. The minimum absolute atomic E-state index is 0.000551. The van der Waals surface area contributed by atoms with Gasteiger partial charge in [0.15, 0.2) is 0 Å². The number of oxime groups is 1. The molecule has 1 amide bonds. The first-order valence-electron chi connectivity index (χ1n) is 10.6. The number of nitrogens with one attached hydrogen (secondary N) is 1. The summed E-state index contributed by atoms with van der Waals surface area (Å²) in [6, 6.07) is 6.99. The standard InChI is InChI=1S/C24H25ClF4N2O2/c1-5-16(6-2)30-22(32)17-8-7-15(11-14(17)4)20-12-23(33-31-20,24(27,28)29)18-9-13(3)10-19(25)21(18)26/h7-11,16H,5-6,12H2,1-4H3,(H,30,32). The second-order valence-electron chi connectivity index (χ2n) is 8.26. The van der Waals surface area contributed by atoms with E-state index in [1.807, 2.05) is 13.8 Å². The molecule has 0 fully saturated rings. The summed E-state index contributed by atoms with van der Waals surface area (Å²) in [5.41, 5.74) is -1.99. The highest BCUT2D eigenvalue weighted by molar-refractivity contribution is 6.30. The van der Waals surface area contributed by atoms with Gasteiger partial charge in [0.2, 0.25) is 0 Å². The van der Waals surface area contributed by atoms with Gasteiger partial charge in [0, 0.05) is 17.2 Å². The second-order valence-corrected chi connectivity index (χ2v) is 8.66. The fourth-order valence-electron chi connectivity index (χ4n) is 3.91. The van der Waals surface area contributed by atoms with E-state index in [9.17, 15) is 22.4 Å². The number of halogens is 5. The summed E-state index contributed by atoms with van der Waals surface area (Å²) in [5, 5.41) is 6.19. The Balaban J connectivity index is 1.94. The van der Waals surface area contributed by atoms with E-state index in [0.717, 1.165) is 18.9 Å². The molecule has 0 saturated heterocycles. The highest BCUT2D eigenvalue weighted by atomic mass is 35.5. The Morgan fingerprint density at radius 1 is 1.21 bits per heavy atom. The molecule has 9 heteroatoms. The molecule has 3 rings (SSSR count). The zero-order chi connectivity index (χ0) is 24.6. The molecule has 178 valence electrons. The number of carbonyl (C=O) groups excluding carboxylic acids is 1. The number of amides is 1. The lowest BCUT2D eigenvalue weighted by atomic mass is 9.85. The first-order valence-corrected chi connectivity index (χ1v) is 11.0. The van der Waals surface area contributed by atoms with Crippen molar-refractivity contribution < 1.29 is 27.2 Å². The van der Waals surface area contributed by atoms with Crippen LogP contribution in [-0.4, -0.2) is 23.8 Å². The normalized spacial score (nSPS) is 18.3. The molecular formula is C24H25ClF4N2O2. The van der Waals surface area contributed by atoms with Gasteiger partial charge in [-0.1, -0.05) is 36.7 Å². The Bertz CT molecular complexity index is 1100. The van der Waals surface area contributed by atoms with Crippen molar-refractivity contribution in [3.8, 4) is 0 Å². The van der Waals surface area contributed by atoms with Gasteiger partial charge < -0.3 is 10.2 Å². The van der Waals surface area contributed by atoms with Gasteiger partial charge in [-0.15, -0.1) is 0 Å². The van der Waals surface area contributed by atoms with Crippen LogP contribution in [0.15, 0.2) is 35.5 Å². The number of nitrogens with zero attached hydrogens (tertiary/aromatic N) is 1. The van der Waals surface area contributed by atoms with Gasteiger partial charge in [0.25, 0.3) is 11.5 Å². The molecule has 2 aromatic carbocycles. The maximum atomic E-state index is 14.7. The first-order chi connectivity index (χ1) is 15.4. The summed E-state index contributed by atoms with van der Waals surface area (Å²) in [5.74, 6) is -1.45. The molecule has 0 bridgehead atoms. The van der Waals surface area contributed by atoms with Crippen molar-refractivity contribution >= 4 is 23.2 Å². The summed E-state index contributed by atoms with van der Waals surface area (Å²) in [6.45, 7) is 7.16. The van der Waals surface area contributed by atoms with Gasteiger partial charge in [-0.2, -0.15) is 13.2 Å². The van der Waals surface area contributed by atoms with Crippen LogP contribution in [0.1, 0.15) is 65.7 Å². The molecule has 0 radical (unpaired) electrons. The van der Waals surface area contributed by atoms with Gasteiger partial charge in [-0.25, -0.2) is 4.39 Å². The molecule has 33 heavy (non-hydrogen) atoms. The lowest BCUT2D eigenvalue weighted by Crippen LogP contribution is -2.43. The van der Waals surface area contributed by atoms with Gasteiger partial charge in [0.1, 0.15) is 5.82 Å². The molecular weight excluding hydrogens is 460 g/mol. The zero-order valence-electron chi connectivity index (χ0n) is 18.7. The van der Waals surface area contributed by atoms with E-state index < -0.39 is 34.6 Å². The van der Waals surface area contributed by atoms with E-state index in [1.165, 1.54) is 19.1 Å². The van der Waals surface area contributed by atoms with Crippen molar-refractivity contribution in [3.05, 3.63) is 69.0 Å². The van der Waals surface area contributed by atoms with Crippen LogP contribution < -0.4 is 5.32 Å². The molecule has 1 aliphatic rings. The number of carbonyl (C=O) groups is 1. The molecule has 1 N–H and O–H groups in total. The Morgan fingerprint density at radius 3 is 2.45 bits per heavy atom. The lowest BCUT2D eigenvalue weighted by molar-refractivity contribution is -0.276. The van der Waals surface area contributed by atoms with E-state index in [-0.39, 0.29) is 17.7 Å². The number of alkyl halides is 3. The molecule has 1 aliphatic heterocycles. The van der Waals surface area contributed by atoms with Crippen LogP contribution in [0.2, 0.25) is 5.02 Å². The van der Waals surface area contributed by atoms with E-state index >= 15 is 0 Å². The average Bonchev–Trinajstić information content (AvgIpc) is 3.21. The molecule has 0 aromatic heterocycles. The molecule has 0 saturated carbocycles. The number of benzene rings is 2. The van der Waals surface area contributed by atoms with Crippen LogP contribution in [0, 0.1) is 19.7 Å². The Kier molecular flexibility index (Phi) is 7.07. The second kappa shape index (κ2) is 9.33. The van der Waals surface area contributed by atoms with Crippen LogP contribution in [0.3, 0.4) is 0 Å². The molecule has 1 heterocycles. The van der Waals surface area contributed by atoms with Crippen LogP contribution in [0.5, 0.6) is 0 Å². The van der Waals surface area contributed by atoms with Crippen LogP contribution in [0.25, 0.3) is 0 Å². The molecule has 0 spiro atoms. The highest BCUT2D eigenvalue weighted by Crippen LogP contribution is 2.50. The van der Waals surface area contributed by atoms with Crippen LogP contribution in [-0.2, 0) is 10.4 Å². The summed E-state index contributed by atoms with van der Waals surface area (Å²) in [4.78, 5) is 17.5. The molecule has 2 aromatic rings. The maximum Gasteiger partial charge on any atom is 0.435 e. The Morgan fingerprint density at radius 2 is 1.88 bits per heavy atom. The predicted octanol–water partition coefficient (Wildman–Crippen LogP) is 6.60. The third kappa shape index (κ3) is 4.71. The fourth-order valence-corrected chi connectivity index (χ4v) is 4.18. The van der Waals surface area contributed by atoms with Crippen molar-refractivity contribution in [2.45, 2.75) is 64.8 Å². The molecule has 0 aliphatic carbocycles. The first kappa shape index (κ1) is 25.0. The van der Waals surface area contributed by atoms with Gasteiger partial charge >= 0.3 is 6.18 Å². The van der Waals surface area contributed by atoms with Gasteiger partial charge in [-0.05, 0) is 67.6 Å². The van der Waals surface area contributed by atoms with E-state index in [4.69, 9.17) is 16.4 Å². The zero-order valence-corrected chi connectivity index (χ0v) is 19.5. The quantitative estimate of drug-likeness (QED) is 0.470. The third-order valence-corrected chi connectivity index (χ3v) is 6.19. The SMILES string of the molecule is CCC(CC)NC(=O)c1ccc(C2=NOC(c3cc(C)cc(Cl)c3F)(C(F)(F)F)C2)cc1C. The monoisotopic (exact) mass is 484 g/mol. The van der Waals surface area contributed by atoms with Gasteiger partial charge in [-0.3, -0.25) is 4.79 Å². The molecule has 4 nitrogen and oxygen atoms in total. The fraction of sp³-hybridized carbons (Fsp3) is 0.417. The van der Waals surface area contributed by atoms with Crippen molar-refractivity contribution in [2.75, 3.05) is 0 Å². The minimum Gasteiger partial charge on any atom is -0.374 e. The smallest absolute Gasteiger partial charge is 0.374 e. The summed E-state index contributed by atoms with van der Waals surface area (Å²) >= 11 is 5.81. The summed E-state index contributed by atoms with van der Waals surface area (Å²) in [6.07, 6.45) is -4.12. The third-order valence-electron chi connectivity index (χ3n) is 5.92. The maximum absolute atomic E-state index is 14.7. The number of aryl methyl sites for hydroxylation is 2. The van der Waals surface area contributed by atoms with E-state index in [2.05, 4.69) is 10.5 Å². The lowest BCUT2D eigenvalue weighted by Gasteiger charge is -2.30. The summed E-state index contributed by atoms with van der Waals surface area (Å²) < 4.78 is 57.3. The molecule has 1 atom stereocenters. The Labute approximate surface area is 195 Å². The van der Waals surface area contributed by atoms with Crippen LogP contribution in [0.4, 0.5) is 17.6 Å². The van der Waals surface area contributed by atoms with Crippen molar-refractivity contribution in [3.63, 3.8) is 0 Å². The van der Waals surface area contributed by atoms with Crippen molar-refractivity contribution in [1.29, 1.82) is 0 Å². The predicted molar refractivity (Wildman–Crippen MR) is 119 cm³/mol. The number of rotatable bonds is 6. The highest BCUT2D eigenvalue weighted by Gasteiger charge is 2.63. The average molecular weight is 485 g/mol. The van der Waals surface area contributed by atoms with Crippen molar-refractivity contribution in [1.82, 2.24) is 5.32 Å². The number of hydrogen-bond donors (Lipinski definition) is 1. The van der Waals surface area contributed by atoms with Crippen LogP contribution >= 0.6 is 11.6 Å². The van der Waals surface area contributed by atoms with E-state index in [0.29, 0.717) is 22.3 Å². The topological polar surface area (TPSA) is 50.7 Å². The van der Waals surface area contributed by atoms with E-state index in [1.54, 1.807) is 19.1 Å². The number of hydrogen-bond acceptors (Lipinski definition) is 3. The minimum atomic E-state index is -4.96.